The lowest BCUT2D eigenvalue weighted by molar-refractivity contribution is -0.0281. The molecule has 3 aliphatic rings. The summed E-state index contributed by atoms with van der Waals surface area (Å²) in [5.41, 5.74) is 1.21. The molecule has 2 aromatic rings. The molecule has 1 aromatic heterocycles. The molecule has 3 fully saturated rings. The number of benzene rings is 1. The number of halogens is 1. The second kappa shape index (κ2) is 7.01. The molecule has 2 bridgehead atoms. The van der Waals surface area contributed by atoms with Crippen molar-refractivity contribution in [2.24, 2.45) is 5.92 Å². The van der Waals surface area contributed by atoms with Crippen molar-refractivity contribution in [3.8, 4) is 0 Å². The molecule has 5 heteroatoms. The van der Waals surface area contributed by atoms with Crippen LogP contribution in [0.2, 0.25) is 5.02 Å². The molecule has 1 N–H and O–H groups in total. The molecule has 4 nitrogen and oxygen atoms in total. The average molecular weight is 369 g/mol. The number of aromatic nitrogens is 1. The van der Waals surface area contributed by atoms with Gasteiger partial charge in [0.1, 0.15) is 5.69 Å². The van der Waals surface area contributed by atoms with Crippen molar-refractivity contribution in [2.75, 3.05) is 6.54 Å². The van der Waals surface area contributed by atoms with Gasteiger partial charge in [0.25, 0.3) is 5.91 Å². The number of nitrogens with zero attached hydrogens (tertiary/aromatic N) is 2. The van der Waals surface area contributed by atoms with Crippen molar-refractivity contribution >= 4 is 17.5 Å². The van der Waals surface area contributed by atoms with Gasteiger partial charge in [-0.1, -0.05) is 41.9 Å². The van der Waals surface area contributed by atoms with Gasteiger partial charge in [-0.2, -0.15) is 0 Å². The third-order valence-electron chi connectivity index (χ3n) is 6.00. The van der Waals surface area contributed by atoms with Gasteiger partial charge in [0.2, 0.25) is 0 Å². The van der Waals surface area contributed by atoms with Crippen molar-refractivity contribution in [1.29, 1.82) is 0 Å². The lowest BCUT2D eigenvalue weighted by atomic mass is 9.66. The SMILES string of the molecule is [CH2-]N1CC2CCC1(C(NC(=O)c1ncccc1Cl)c1ccccc1)CC2. The van der Waals surface area contributed by atoms with Gasteiger partial charge in [0.05, 0.1) is 11.1 Å². The van der Waals surface area contributed by atoms with Crippen LogP contribution < -0.4 is 5.32 Å². The largest absolute Gasteiger partial charge is 0.452 e. The number of hydrogen-bond donors (Lipinski definition) is 1. The molecule has 136 valence electrons. The van der Waals surface area contributed by atoms with Crippen LogP contribution in [0, 0.1) is 13.0 Å². The molecule has 1 amide bonds. The molecule has 1 atom stereocenters. The summed E-state index contributed by atoms with van der Waals surface area (Å²) in [4.78, 5) is 19.4. The minimum Gasteiger partial charge on any atom is -0.452 e. The van der Waals surface area contributed by atoms with E-state index in [1.165, 1.54) is 12.8 Å². The molecule has 26 heavy (non-hydrogen) atoms. The first-order valence-corrected chi connectivity index (χ1v) is 9.52. The Hall–Kier alpha value is -1.91. The van der Waals surface area contributed by atoms with E-state index in [0.29, 0.717) is 5.02 Å². The van der Waals surface area contributed by atoms with E-state index in [1.54, 1.807) is 18.3 Å². The van der Waals surface area contributed by atoms with Gasteiger partial charge < -0.3 is 10.2 Å². The molecule has 2 saturated heterocycles. The van der Waals surface area contributed by atoms with E-state index in [2.05, 4.69) is 34.4 Å². The molecule has 2 aliphatic heterocycles. The van der Waals surface area contributed by atoms with Gasteiger partial charge in [-0.3, -0.25) is 11.8 Å². The Kier molecular flexibility index (Phi) is 4.72. The van der Waals surface area contributed by atoms with Gasteiger partial charge >= 0.3 is 0 Å². The second-order valence-electron chi connectivity index (χ2n) is 7.42. The first-order valence-electron chi connectivity index (χ1n) is 9.14. The highest BCUT2D eigenvalue weighted by atomic mass is 35.5. The zero-order valence-corrected chi connectivity index (χ0v) is 15.5. The monoisotopic (exact) mass is 368 g/mol. The van der Waals surface area contributed by atoms with Gasteiger partial charge in [-0.25, -0.2) is 4.98 Å². The van der Waals surface area contributed by atoms with E-state index < -0.39 is 0 Å². The first kappa shape index (κ1) is 17.5. The highest BCUT2D eigenvalue weighted by Crippen LogP contribution is 2.49. The second-order valence-corrected chi connectivity index (χ2v) is 7.83. The quantitative estimate of drug-likeness (QED) is 0.821. The van der Waals surface area contributed by atoms with E-state index in [1.807, 2.05) is 18.2 Å². The predicted octanol–water partition coefficient (Wildman–Crippen LogP) is 4.24. The fraction of sp³-hybridized carbons (Fsp3) is 0.381. The molecule has 3 heterocycles. The van der Waals surface area contributed by atoms with Crippen LogP contribution in [0.1, 0.15) is 47.8 Å². The Bertz CT molecular complexity index is 787. The minimum atomic E-state index is -0.236. The molecule has 1 unspecified atom stereocenters. The molecular formula is C21H23ClN3O-. The fourth-order valence-electron chi connectivity index (χ4n) is 4.57. The number of carbonyl (C=O) groups excluding carboxylic acids is 1. The Morgan fingerprint density at radius 3 is 2.62 bits per heavy atom. The minimum absolute atomic E-state index is 0.145. The summed E-state index contributed by atoms with van der Waals surface area (Å²) in [6.45, 7) is 0.990. The third kappa shape index (κ3) is 3.01. The zero-order valence-electron chi connectivity index (χ0n) is 14.7. The topological polar surface area (TPSA) is 45.2 Å². The smallest absolute Gasteiger partial charge is 0.271 e. The Morgan fingerprint density at radius 2 is 1.96 bits per heavy atom. The number of amides is 1. The number of piperidine rings is 2. The summed E-state index contributed by atoms with van der Waals surface area (Å²) in [6, 6.07) is 13.5. The first-order chi connectivity index (χ1) is 12.6. The highest BCUT2D eigenvalue weighted by molar-refractivity contribution is 6.33. The van der Waals surface area contributed by atoms with Crippen molar-refractivity contribution in [1.82, 2.24) is 15.2 Å². The van der Waals surface area contributed by atoms with E-state index in [4.69, 9.17) is 11.6 Å². The number of nitrogens with one attached hydrogen (secondary N) is 1. The van der Waals surface area contributed by atoms with E-state index in [9.17, 15) is 4.79 Å². The van der Waals surface area contributed by atoms with Crippen molar-refractivity contribution < 1.29 is 4.79 Å². The number of fused-ring (bicyclic) bond motifs is 3. The summed E-state index contributed by atoms with van der Waals surface area (Å²) >= 11 is 6.19. The summed E-state index contributed by atoms with van der Waals surface area (Å²) in [5.74, 6) is 0.492. The van der Waals surface area contributed by atoms with Gasteiger partial charge in [0.15, 0.2) is 0 Å². The van der Waals surface area contributed by atoms with Gasteiger partial charge in [0, 0.05) is 11.7 Å². The lowest BCUT2D eigenvalue weighted by Gasteiger charge is -2.61. The summed E-state index contributed by atoms with van der Waals surface area (Å²) in [5, 5.41) is 3.61. The summed E-state index contributed by atoms with van der Waals surface area (Å²) in [7, 11) is 4.34. The fourth-order valence-corrected chi connectivity index (χ4v) is 4.77. The van der Waals surface area contributed by atoms with Crippen LogP contribution in [0.5, 0.6) is 0 Å². The maximum atomic E-state index is 13.0. The van der Waals surface area contributed by atoms with E-state index in [0.717, 1.165) is 30.9 Å². The molecule has 0 radical (unpaired) electrons. The summed E-state index contributed by atoms with van der Waals surface area (Å²) in [6.07, 6.45) is 6.05. The van der Waals surface area contributed by atoms with Crippen LogP contribution in [0.3, 0.4) is 0 Å². The normalized spacial score (nSPS) is 26.5. The zero-order chi connectivity index (χ0) is 18.1. The van der Waals surface area contributed by atoms with Crippen molar-refractivity contribution in [3.05, 3.63) is 72.0 Å². The maximum Gasteiger partial charge on any atom is 0.271 e. The highest BCUT2D eigenvalue weighted by Gasteiger charge is 2.47. The molecule has 1 aromatic carbocycles. The molecule has 0 spiro atoms. The Balaban J connectivity index is 1.70. The van der Waals surface area contributed by atoms with E-state index in [-0.39, 0.29) is 23.2 Å². The standard InChI is InChI=1S/C21H23ClN3O/c1-25-14-15-9-11-21(25,12-10-15)19(16-6-3-2-4-7-16)24-20(26)18-17(22)8-5-13-23-18/h2-8,13,15,19H,1,9-12,14H2,(H,24,26)/q-1. The van der Waals surface area contributed by atoms with Crippen LogP contribution in [0.25, 0.3) is 0 Å². The lowest BCUT2D eigenvalue weighted by Crippen LogP contribution is -2.62. The van der Waals surface area contributed by atoms with Gasteiger partial charge in [-0.15, -0.1) is 0 Å². The summed E-state index contributed by atoms with van der Waals surface area (Å²) < 4.78 is 0. The Labute approximate surface area is 159 Å². The van der Waals surface area contributed by atoms with Crippen LogP contribution >= 0.6 is 11.6 Å². The number of hydrogen-bond acceptors (Lipinski definition) is 3. The number of carbonyl (C=O) groups is 1. The molecule has 1 aliphatic carbocycles. The number of pyridine rings is 1. The van der Waals surface area contributed by atoms with Crippen LogP contribution in [0.4, 0.5) is 0 Å². The molecule has 1 saturated carbocycles. The van der Waals surface area contributed by atoms with Crippen molar-refractivity contribution in [3.63, 3.8) is 0 Å². The van der Waals surface area contributed by atoms with Gasteiger partial charge in [-0.05, 0) is 55.8 Å². The van der Waals surface area contributed by atoms with Crippen LogP contribution in [0.15, 0.2) is 48.7 Å². The molecule has 5 rings (SSSR count). The van der Waals surface area contributed by atoms with Crippen molar-refractivity contribution in [2.45, 2.75) is 37.3 Å². The average Bonchev–Trinajstić information content (AvgIpc) is 2.68. The van der Waals surface area contributed by atoms with E-state index >= 15 is 0 Å². The predicted molar refractivity (Wildman–Crippen MR) is 103 cm³/mol. The third-order valence-corrected chi connectivity index (χ3v) is 6.30. The number of rotatable bonds is 4. The van der Waals surface area contributed by atoms with Crippen LogP contribution in [-0.2, 0) is 0 Å². The Morgan fingerprint density at radius 1 is 1.23 bits per heavy atom. The maximum absolute atomic E-state index is 13.0. The van der Waals surface area contributed by atoms with Crippen LogP contribution in [-0.4, -0.2) is 27.9 Å². The molecular weight excluding hydrogens is 346 g/mol.